The minimum atomic E-state index is 0.240. The van der Waals surface area contributed by atoms with Crippen LogP contribution in [0.4, 0.5) is 0 Å². The number of carbonyl (C=O) groups is 1. The lowest BCUT2D eigenvalue weighted by Gasteiger charge is -2.15. The number of hydrogen-bond acceptors (Lipinski definition) is 3. The van der Waals surface area contributed by atoms with Crippen molar-refractivity contribution in [3.63, 3.8) is 0 Å². The van der Waals surface area contributed by atoms with E-state index < -0.39 is 0 Å². The van der Waals surface area contributed by atoms with E-state index in [1.807, 2.05) is 21.7 Å². The van der Waals surface area contributed by atoms with E-state index in [2.05, 4.69) is 0 Å². The third-order valence-electron chi connectivity index (χ3n) is 2.91. The second kappa shape index (κ2) is 4.77. The number of carbonyl (C=O) groups excluding carboxylic acids is 1. The summed E-state index contributed by atoms with van der Waals surface area (Å²) in [6.45, 7) is 2.42. The van der Waals surface area contributed by atoms with E-state index in [9.17, 15) is 4.79 Å². The van der Waals surface area contributed by atoms with Crippen LogP contribution in [0, 0.1) is 5.92 Å². The second-order valence-electron chi connectivity index (χ2n) is 4.04. The SMILES string of the molecule is NCC1CCN(C(=O)Cc2ccsc2)C1. The number of rotatable bonds is 3. The molecule has 2 rings (SSSR count). The summed E-state index contributed by atoms with van der Waals surface area (Å²) in [4.78, 5) is 13.8. The zero-order chi connectivity index (χ0) is 10.7. The molecule has 1 fully saturated rings. The monoisotopic (exact) mass is 224 g/mol. The molecule has 1 atom stereocenters. The minimum absolute atomic E-state index is 0.240. The molecular weight excluding hydrogens is 208 g/mol. The van der Waals surface area contributed by atoms with Gasteiger partial charge >= 0.3 is 0 Å². The molecule has 4 heteroatoms. The molecule has 3 nitrogen and oxygen atoms in total. The first-order valence-corrected chi connectivity index (χ1v) is 6.23. The molecule has 1 saturated heterocycles. The normalized spacial score (nSPS) is 20.9. The van der Waals surface area contributed by atoms with E-state index in [4.69, 9.17) is 5.73 Å². The third-order valence-corrected chi connectivity index (χ3v) is 3.64. The van der Waals surface area contributed by atoms with Crippen molar-refractivity contribution in [2.75, 3.05) is 19.6 Å². The van der Waals surface area contributed by atoms with Gasteiger partial charge in [-0.05, 0) is 41.3 Å². The van der Waals surface area contributed by atoms with Gasteiger partial charge in [0.05, 0.1) is 6.42 Å². The van der Waals surface area contributed by atoms with Gasteiger partial charge in [-0.15, -0.1) is 0 Å². The Morgan fingerprint density at radius 3 is 3.13 bits per heavy atom. The maximum absolute atomic E-state index is 11.9. The van der Waals surface area contributed by atoms with E-state index in [-0.39, 0.29) is 5.91 Å². The summed E-state index contributed by atoms with van der Waals surface area (Å²) in [7, 11) is 0. The van der Waals surface area contributed by atoms with E-state index >= 15 is 0 Å². The summed E-state index contributed by atoms with van der Waals surface area (Å²) >= 11 is 1.64. The van der Waals surface area contributed by atoms with Crippen molar-refractivity contribution in [1.82, 2.24) is 4.90 Å². The van der Waals surface area contributed by atoms with Crippen molar-refractivity contribution in [2.24, 2.45) is 11.7 Å². The standard InChI is InChI=1S/C11H16N2OS/c12-6-10-1-3-13(7-10)11(14)5-9-2-4-15-8-9/h2,4,8,10H,1,3,5-7,12H2. The van der Waals surface area contributed by atoms with Gasteiger partial charge in [0.1, 0.15) is 0 Å². The summed E-state index contributed by atoms with van der Waals surface area (Å²) in [6, 6.07) is 2.01. The highest BCUT2D eigenvalue weighted by Crippen LogP contribution is 2.16. The van der Waals surface area contributed by atoms with Gasteiger partial charge in [-0.1, -0.05) is 0 Å². The van der Waals surface area contributed by atoms with Crippen molar-refractivity contribution in [2.45, 2.75) is 12.8 Å². The number of nitrogens with two attached hydrogens (primary N) is 1. The molecule has 1 unspecified atom stereocenters. The molecule has 0 radical (unpaired) electrons. The molecule has 0 spiro atoms. The summed E-state index contributed by atoms with van der Waals surface area (Å²) in [6.07, 6.45) is 1.60. The van der Waals surface area contributed by atoms with Crippen LogP contribution in [-0.4, -0.2) is 30.4 Å². The highest BCUT2D eigenvalue weighted by Gasteiger charge is 2.24. The van der Waals surface area contributed by atoms with E-state index in [0.29, 0.717) is 18.9 Å². The van der Waals surface area contributed by atoms with Gasteiger partial charge in [0.25, 0.3) is 0 Å². The molecule has 82 valence electrons. The zero-order valence-corrected chi connectivity index (χ0v) is 9.50. The Hall–Kier alpha value is -0.870. The lowest BCUT2D eigenvalue weighted by molar-refractivity contribution is -0.129. The third kappa shape index (κ3) is 2.58. The van der Waals surface area contributed by atoms with Gasteiger partial charge in [-0.2, -0.15) is 11.3 Å². The molecule has 2 heterocycles. The van der Waals surface area contributed by atoms with Crippen molar-refractivity contribution >= 4 is 17.2 Å². The molecule has 1 amide bonds. The number of likely N-dealkylation sites (tertiary alicyclic amines) is 1. The summed E-state index contributed by atoms with van der Waals surface area (Å²) < 4.78 is 0. The van der Waals surface area contributed by atoms with Gasteiger partial charge in [0.15, 0.2) is 0 Å². The molecule has 2 N–H and O–H groups in total. The van der Waals surface area contributed by atoms with Crippen LogP contribution < -0.4 is 5.73 Å². The van der Waals surface area contributed by atoms with Crippen molar-refractivity contribution in [3.05, 3.63) is 22.4 Å². The van der Waals surface area contributed by atoms with Crippen LogP contribution in [0.5, 0.6) is 0 Å². The quantitative estimate of drug-likeness (QED) is 0.835. The van der Waals surface area contributed by atoms with E-state index in [1.165, 1.54) is 0 Å². The van der Waals surface area contributed by atoms with Gasteiger partial charge in [-0.25, -0.2) is 0 Å². The number of thiophene rings is 1. The van der Waals surface area contributed by atoms with Crippen molar-refractivity contribution < 1.29 is 4.79 Å². The second-order valence-corrected chi connectivity index (χ2v) is 4.82. The fraction of sp³-hybridized carbons (Fsp3) is 0.545. The molecule has 0 aromatic carbocycles. The fourth-order valence-electron chi connectivity index (χ4n) is 1.93. The molecule has 1 aliphatic rings. The zero-order valence-electron chi connectivity index (χ0n) is 8.69. The average molecular weight is 224 g/mol. The molecule has 15 heavy (non-hydrogen) atoms. The van der Waals surface area contributed by atoms with Gasteiger partial charge in [-0.3, -0.25) is 4.79 Å². The smallest absolute Gasteiger partial charge is 0.227 e. The Morgan fingerprint density at radius 2 is 2.53 bits per heavy atom. The first-order chi connectivity index (χ1) is 7.29. The van der Waals surface area contributed by atoms with Crippen LogP contribution >= 0.6 is 11.3 Å². The molecule has 1 aliphatic heterocycles. The highest BCUT2D eigenvalue weighted by molar-refractivity contribution is 7.07. The Bertz CT molecular complexity index is 323. The highest BCUT2D eigenvalue weighted by atomic mass is 32.1. The molecule has 1 aromatic heterocycles. The lowest BCUT2D eigenvalue weighted by atomic mass is 10.1. The van der Waals surface area contributed by atoms with Gasteiger partial charge < -0.3 is 10.6 Å². The van der Waals surface area contributed by atoms with Crippen LogP contribution in [0.3, 0.4) is 0 Å². The number of amides is 1. The van der Waals surface area contributed by atoms with E-state index in [0.717, 1.165) is 25.1 Å². The maximum Gasteiger partial charge on any atom is 0.227 e. The Labute approximate surface area is 93.9 Å². The summed E-state index contributed by atoms with van der Waals surface area (Å²) in [5, 5.41) is 4.05. The Morgan fingerprint density at radius 1 is 1.67 bits per heavy atom. The topological polar surface area (TPSA) is 46.3 Å². The molecule has 0 aliphatic carbocycles. The molecule has 0 bridgehead atoms. The van der Waals surface area contributed by atoms with Crippen LogP contribution in [0.15, 0.2) is 16.8 Å². The van der Waals surface area contributed by atoms with E-state index in [1.54, 1.807) is 11.3 Å². The maximum atomic E-state index is 11.9. The summed E-state index contributed by atoms with van der Waals surface area (Å²) in [5.41, 5.74) is 6.72. The predicted molar refractivity (Wildman–Crippen MR) is 61.8 cm³/mol. The lowest BCUT2D eigenvalue weighted by Crippen LogP contribution is -2.30. The number of hydrogen-bond donors (Lipinski definition) is 1. The van der Waals surface area contributed by atoms with Crippen molar-refractivity contribution in [1.29, 1.82) is 0 Å². The fourth-order valence-corrected chi connectivity index (χ4v) is 2.60. The molecule has 1 aromatic rings. The average Bonchev–Trinajstić information content (AvgIpc) is 2.86. The van der Waals surface area contributed by atoms with Crippen LogP contribution in [-0.2, 0) is 11.2 Å². The van der Waals surface area contributed by atoms with Gasteiger partial charge in [0.2, 0.25) is 5.91 Å². The largest absolute Gasteiger partial charge is 0.342 e. The van der Waals surface area contributed by atoms with Crippen LogP contribution in [0.25, 0.3) is 0 Å². The van der Waals surface area contributed by atoms with Crippen molar-refractivity contribution in [3.8, 4) is 0 Å². The minimum Gasteiger partial charge on any atom is -0.342 e. The Balaban J connectivity index is 1.87. The first kappa shape index (κ1) is 10.6. The van der Waals surface area contributed by atoms with Crippen LogP contribution in [0.2, 0.25) is 0 Å². The van der Waals surface area contributed by atoms with Gasteiger partial charge in [0, 0.05) is 13.1 Å². The molecule has 0 saturated carbocycles. The summed E-state index contributed by atoms with van der Waals surface area (Å²) in [5.74, 6) is 0.751. The predicted octanol–water partition coefficient (Wildman–Crippen LogP) is 1.10. The first-order valence-electron chi connectivity index (χ1n) is 5.28. The Kier molecular flexibility index (Phi) is 3.38. The van der Waals surface area contributed by atoms with Crippen LogP contribution in [0.1, 0.15) is 12.0 Å². The number of nitrogens with zero attached hydrogens (tertiary/aromatic N) is 1. The molecular formula is C11H16N2OS.